The van der Waals surface area contributed by atoms with Crippen LogP contribution in [0.2, 0.25) is 0 Å². The minimum Gasteiger partial charge on any atom is -0.507 e. The zero-order valence-electron chi connectivity index (χ0n) is 18.2. The number of hydrogen-bond acceptors (Lipinski definition) is 11. The van der Waals surface area contributed by atoms with E-state index in [1.165, 1.54) is 38.5 Å². The molecule has 1 saturated heterocycles. The summed E-state index contributed by atoms with van der Waals surface area (Å²) in [4.78, 5) is 12.9. The van der Waals surface area contributed by atoms with E-state index < -0.39 is 42.7 Å². The number of phenols is 1. The molecule has 2 heterocycles. The highest BCUT2D eigenvalue weighted by Crippen LogP contribution is 2.36. The Balaban J connectivity index is 1.66. The number of ether oxygens (including phenoxy) is 4. The Morgan fingerprint density at radius 3 is 2.26 bits per heavy atom. The molecule has 0 bridgehead atoms. The summed E-state index contributed by atoms with van der Waals surface area (Å²) < 4.78 is 27.2. The molecule has 1 aliphatic rings. The van der Waals surface area contributed by atoms with Gasteiger partial charge in [-0.25, -0.2) is 0 Å². The molecular formula is C23H24O11. The molecular weight excluding hydrogens is 452 g/mol. The van der Waals surface area contributed by atoms with Gasteiger partial charge in [0.2, 0.25) is 17.5 Å². The monoisotopic (exact) mass is 476 g/mol. The lowest BCUT2D eigenvalue weighted by Gasteiger charge is -2.39. The maximum Gasteiger partial charge on any atom is 0.239 e. The lowest BCUT2D eigenvalue weighted by atomic mass is 9.99. The zero-order chi connectivity index (χ0) is 24.6. The maximum absolute atomic E-state index is 12.9. The molecule has 0 aliphatic carbocycles. The first-order valence-corrected chi connectivity index (χ1v) is 10.3. The molecule has 4 rings (SSSR count). The fraction of sp³-hybridized carbons (Fsp3) is 0.348. The molecule has 0 amide bonds. The predicted octanol–water partition coefficient (Wildman–Crippen LogP) is 0.361. The summed E-state index contributed by atoms with van der Waals surface area (Å²) >= 11 is 0. The summed E-state index contributed by atoms with van der Waals surface area (Å²) in [7, 11) is 2.72. The Kier molecular flexibility index (Phi) is 6.64. The summed E-state index contributed by atoms with van der Waals surface area (Å²) in [6.45, 7) is -0.578. The SMILES string of the molecule is COc1cc(O)c2c(=O)c(OC)c(-c3ccc(O[C@@H]4O[C@H](CO)[C@@H](O)[C@H](O)[C@H]4O)cc3)oc2c1. The Bertz CT molecular complexity index is 1220. The first-order valence-electron chi connectivity index (χ1n) is 10.3. The van der Waals surface area contributed by atoms with E-state index in [1.54, 1.807) is 12.1 Å². The number of aliphatic hydroxyl groups is 4. The number of aromatic hydroxyl groups is 1. The molecule has 5 atom stereocenters. The first kappa shape index (κ1) is 23.8. The van der Waals surface area contributed by atoms with E-state index in [0.29, 0.717) is 11.3 Å². The van der Waals surface area contributed by atoms with Crippen LogP contribution in [0.1, 0.15) is 0 Å². The van der Waals surface area contributed by atoms with Gasteiger partial charge in [-0.2, -0.15) is 0 Å². The smallest absolute Gasteiger partial charge is 0.239 e. The van der Waals surface area contributed by atoms with Crippen LogP contribution < -0.4 is 19.6 Å². The first-order chi connectivity index (χ1) is 16.3. The van der Waals surface area contributed by atoms with Crippen molar-refractivity contribution in [1.82, 2.24) is 0 Å². The van der Waals surface area contributed by atoms with E-state index in [-0.39, 0.29) is 34.0 Å². The molecule has 1 fully saturated rings. The number of hydrogen-bond donors (Lipinski definition) is 5. The van der Waals surface area contributed by atoms with Gasteiger partial charge < -0.3 is 48.9 Å². The summed E-state index contributed by atoms with van der Waals surface area (Å²) in [6.07, 6.45) is -7.07. The van der Waals surface area contributed by atoms with Gasteiger partial charge in [-0.05, 0) is 24.3 Å². The maximum atomic E-state index is 12.9. The van der Waals surface area contributed by atoms with Gasteiger partial charge in [-0.1, -0.05) is 0 Å². The third kappa shape index (κ3) is 4.15. The van der Waals surface area contributed by atoms with Gasteiger partial charge in [0.15, 0.2) is 5.76 Å². The van der Waals surface area contributed by atoms with Gasteiger partial charge in [0.1, 0.15) is 52.6 Å². The van der Waals surface area contributed by atoms with E-state index in [1.807, 2.05) is 0 Å². The summed E-state index contributed by atoms with van der Waals surface area (Å²) in [5.74, 6) is 0.209. The Hall–Kier alpha value is -3.35. The highest BCUT2D eigenvalue weighted by molar-refractivity contribution is 5.88. The van der Waals surface area contributed by atoms with Crippen LogP contribution >= 0.6 is 0 Å². The van der Waals surface area contributed by atoms with Gasteiger partial charge in [0.05, 0.1) is 20.8 Å². The van der Waals surface area contributed by atoms with E-state index in [2.05, 4.69) is 0 Å². The van der Waals surface area contributed by atoms with E-state index in [4.69, 9.17) is 23.4 Å². The molecule has 2 aromatic carbocycles. The molecule has 0 radical (unpaired) electrons. The lowest BCUT2D eigenvalue weighted by molar-refractivity contribution is -0.277. The standard InChI is InChI=1S/C23H24O11/c1-30-12-7-13(25)16-14(8-12)33-21(22(31-2)18(16)27)10-3-5-11(6-4-10)32-23-20(29)19(28)17(26)15(9-24)34-23/h3-8,15,17,19-20,23-26,28-29H,9H2,1-2H3/t15-,17-,19+,20-,23-/m1/s1. The summed E-state index contributed by atoms with van der Waals surface area (Å²) in [5, 5.41) is 49.4. The van der Waals surface area contributed by atoms with Crippen LogP contribution in [0.15, 0.2) is 45.6 Å². The number of phenolic OH excluding ortho intramolecular Hbond substituents is 1. The van der Waals surface area contributed by atoms with Crippen molar-refractivity contribution in [2.24, 2.45) is 0 Å². The molecule has 11 nitrogen and oxygen atoms in total. The Morgan fingerprint density at radius 2 is 1.65 bits per heavy atom. The largest absolute Gasteiger partial charge is 0.507 e. The molecule has 0 unspecified atom stereocenters. The minimum atomic E-state index is -1.57. The highest BCUT2D eigenvalue weighted by atomic mass is 16.7. The quantitative estimate of drug-likeness (QED) is 0.333. The van der Waals surface area contributed by atoms with E-state index in [9.17, 15) is 30.3 Å². The average Bonchev–Trinajstić information content (AvgIpc) is 2.84. The highest BCUT2D eigenvalue weighted by Gasteiger charge is 2.44. The van der Waals surface area contributed by atoms with Gasteiger partial charge in [0, 0.05) is 17.7 Å². The van der Waals surface area contributed by atoms with Crippen LogP contribution in [-0.4, -0.2) is 77.1 Å². The normalized spacial score (nSPS) is 24.7. The topological polar surface area (TPSA) is 168 Å². The number of fused-ring (bicyclic) bond motifs is 1. The second kappa shape index (κ2) is 9.49. The van der Waals surface area contributed by atoms with Crippen molar-refractivity contribution in [2.75, 3.05) is 20.8 Å². The summed E-state index contributed by atoms with van der Waals surface area (Å²) in [5.41, 5.74) is -0.0286. The summed E-state index contributed by atoms with van der Waals surface area (Å²) in [6, 6.07) is 8.89. The molecule has 5 N–H and O–H groups in total. The fourth-order valence-electron chi connectivity index (χ4n) is 3.73. The second-order valence-electron chi connectivity index (χ2n) is 7.65. The van der Waals surface area contributed by atoms with Crippen molar-refractivity contribution < 1.29 is 48.9 Å². The predicted molar refractivity (Wildman–Crippen MR) is 117 cm³/mol. The van der Waals surface area contributed by atoms with Crippen molar-refractivity contribution in [3.05, 3.63) is 46.6 Å². The van der Waals surface area contributed by atoms with Crippen molar-refractivity contribution in [3.8, 4) is 34.3 Å². The van der Waals surface area contributed by atoms with Gasteiger partial charge >= 0.3 is 0 Å². The number of rotatable bonds is 6. The minimum absolute atomic E-state index is 0.0519. The van der Waals surface area contributed by atoms with Crippen LogP contribution in [0.4, 0.5) is 0 Å². The van der Waals surface area contributed by atoms with Crippen LogP contribution in [0.3, 0.4) is 0 Å². The molecule has 1 aliphatic heterocycles. The lowest BCUT2D eigenvalue weighted by Crippen LogP contribution is -2.60. The van der Waals surface area contributed by atoms with Gasteiger partial charge in [0.25, 0.3) is 0 Å². The van der Waals surface area contributed by atoms with Crippen molar-refractivity contribution in [2.45, 2.75) is 30.7 Å². The van der Waals surface area contributed by atoms with Crippen molar-refractivity contribution in [3.63, 3.8) is 0 Å². The third-order valence-corrected chi connectivity index (χ3v) is 5.56. The molecule has 0 saturated carbocycles. The molecule has 182 valence electrons. The van der Waals surface area contributed by atoms with Crippen LogP contribution in [-0.2, 0) is 4.74 Å². The van der Waals surface area contributed by atoms with Crippen LogP contribution in [0, 0.1) is 0 Å². The zero-order valence-corrected chi connectivity index (χ0v) is 18.2. The van der Waals surface area contributed by atoms with Gasteiger partial charge in [-0.3, -0.25) is 4.79 Å². The Morgan fingerprint density at radius 1 is 0.941 bits per heavy atom. The van der Waals surface area contributed by atoms with Crippen molar-refractivity contribution in [1.29, 1.82) is 0 Å². The van der Waals surface area contributed by atoms with E-state index >= 15 is 0 Å². The van der Waals surface area contributed by atoms with Crippen molar-refractivity contribution >= 4 is 11.0 Å². The third-order valence-electron chi connectivity index (χ3n) is 5.56. The Labute approximate surface area is 192 Å². The fourth-order valence-corrected chi connectivity index (χ4v) is 3.73. The van der Waals surface area contributed by atoms with Gasteiger partial charge in [-0.15, -0.1) is 0 Å². The number of aliphatic hydroxyl groups excluding tert-OH is 4. The number of benzene rings is 2. The molecule has 1 aromatic heterocycles. The molecule has 3 aromatic rings. The molecule has 11 heteroatoms. The molecule has 34 heavy (non-hydrogen) atoms. The number of methoxy groups -OCH3 is 2. The second-order valence-corrected chi connectivity index (χ2v) is 7.65. The van der Waals surface area contributed by atoms with Crippen LogP contribution in [0.5, 0.6) is 23.0 Å². The molecule has 0 spiro atoms. The van der Waals surface area contributed by atoms with E-state index in [0.717, 1.165) is 0 Å². The van der Waals surface area contributed by atoms with Crippen LogP contribution in [0.25, 0.3) is 22.3 Å². The average molecular weight is 476 g/mol.